The lowest BCUT2D eigenvalue weighted by Gasteiger charge is -2.25. The van der Waals surface area contributed by atoms with Crippen LogP contribution < -0.4 is 21.3 Å². The van der Waals surface area contributed by atoms with E-state index in [4.69, 9.17) is 11.6 Å². The van der Waals surface area contributed by atoms with Crippen LogP contribution >= 0.6 is 0 Å². The van der Waals surface area contributed by atoms with Gasteiger partial charge in [0, 0.05) is 34.3 Å². The van der Waals surface area contributed by atoms with E-state index in [2.05, 4.69) is 9.72 Å². The van der Waals surface area contributed by atoms with Crippen molar-refractivity contribution < 1.29 is 26.5 Å². The van der Waals surface area contributed by atoms with Crippen LogP contribution in [0.1, 0.15) is 24.4 Å². The van der Waals surface area contributed by atoms with Gasteiger partial charge in [-0.15, -0.1) is 13.2 Å². The molecule has 1 aromatic heterocycles. The summed E-state index contributed by atoms with van der Waals surface area (Å²) < 4.78 is 68.4. The van der Waals surface area contributed by atoms with Gasteiger partial charge in [-0.1, -0.05) is 18.2 Å². The lowest BCUT2D eigenvalue weighted by molar-refractivity contribution is -0.274. The first-order valence-corrected chi connectivity index (χ1v) is 11.9. The summed E-state index contributed by atoms with van der Waals surface area (Å²) in [6, 6.07) is 17.4. The standard InChI is InChI=1S/C26H22F4N5O2S/c1-16(27)22-14-34(15-33-22)23-10-7-19(18-3-2-4-21(11-18)38-36)12-24(23)35(32)25(13-31)17-5-8-20(9-6-17)37-26(28,29)30/h2-16H,31-32H2,1H3/q+1/b25-13-. The van der Waals surface area contributed by atoms with Crippen molar-refractivity contribution in [3.05, 3.63) is 96.7 Å². The number of benzene rings is 3. The van der Waals surface area contributed by atoms with Crippen LogP contribution in [0.25, 0.3) is 22.5 Å². The molecule has 0 aliphatic heterocycles. The second kappa shape index (κ2) is 11.0. The summed E-state index contributed by atoms with van der Waals surface area (Å²) in [6.45, 7) is 1.37. The smallest absolute Gasteiger partial charge is 0.406 e. The third kappa shape index (κ3) is 5.98. The van der Waals surface area contributed by atoms with E-state index in [1.54, 1.807) is 34.9 Å². The molecule has 196 valence electrons. The third-order valence-corrected chi connectivity index (χ3v) is 6.03. The zero-order chi connectivity index (χ0) is 27.4. The number of hydrogen-bond donors (Lipinski definition) is 2. The lowest BCUT2D eigenvalue weighted by atomic mass is 10.0. The maximum absolute atomic E-state index is 13.9. The first-order valence-electron chi connectivity index (χ1n) is 11.1. The monoisotopic (exact) mass is 544 g/mol. The molecular weight excluding hydrogens is 522 g/mol. The van der Waals surface area contributed by atoms with Crippen LogP contribution in [0.15, 0.2) is 90.3 Å². The maximum atomic E-state index is 13.9. The Balaban J connectivity index is 1.79. The molecule has 0 saturated carbocycles. The first-order chi connectivity index (χ1) is 18.1. The van der Waals surface area contributed by atoms with Crippen LogP contribution in [-0.2, 0) is 15.9 Å². The summed E-state index contributed by atoms with van der Waals surface area (Å²) in [5, 5.41) is 1.27. The molecule has 4 rings (SSSR count). The minimum absolute atomic E-state index is 0.221. The molecular formula is C26H22F4N5O2S+. The van der Waals surface area contributed by atoms with Crippen molar-refractivity contribution >= 4 is 23.1 Å². The summed E-state index contributed by atoms with van der Waals surface area (Å²) in [5.74, 6) is 6.14. The summed E-state index contributed by atoms with van der Waals surface area (Å²) in [7, 11) is 0. The van der Waals surface area contributed by atoms with Crippen LogP contribution in [0.2, 0.25) is 0 Å². The predicted octanol–water partition coefficient (Wildman–Crippen LogP) is 5.89. The average Bonchev–Trinajstić information content (AvgIpc) is 3.39. The van der Waals surface area contributed by atoms with Crippen LogP contribution in [0.3, 0.4) is 0 Å². The quantitative estimate of drug-likeness (QED) is 0.124. The SMILES string of the molecule is CC(F)c1cn(-c2ccc(-c3cccc([S+]=O)c3)cc2N(N)/C(=C\N)c2ccc(OC(F)(F)F)cc2)cn1. The number of rotatable bonds is 8. The van der Waals surface area contributed by atoms with Crippen molar-refractivity contribution in [1.29, 1.82) is 0 Å². The minimum Gasteiger partial charge on any atom is -0.406 e. The Labute approximate surface area is 219 Å². The van der Waals surface area contributed by atoms with Gasteiger partial charge in [0.25, 0.3) is 4.90 Å². The Kier molecular flexibility index (Phi) is 7.74. The van der Waals surface area contributed by atoms with Gasteiger partial charge in [0.15, 0.2) is 0 Å². The van der Waals surface area contributed by atoms with Crippen LogP contribution in [0, 0.1) is 0 Å². The van der Waals surface area contributed by atoms with Crippen molar-refractivity contribution in [2.75, 3.05) is 5.01 Å². The number of alkyl halides is 4. The van der Waals surface area contributed by atoms with E-state index in [0.29, 0.717) is 33.5 Å². The van der Waals surface area contributed by atoms with Crippen molar-refractivity contribution in [3.63, 3.8) is 0 Å². The van der Waals surface area contributed by atoms with Gasteiger partial charge in [0.2, 0.25) is 0 Å². The second-order valence-corrected chi connectivity index (χ2v) is 8.77. The van der Waals surface area contributed by atoms with Crippen molar-refractivity contribution in [2.24, 2.45) is 11.6 Å². The van der Waals surface area contributed by atoms with Gasteiger partial charge >= 0.3 is 18.0 Å². The third-order valence-electron chi connectivity index (χ3n) is 5.59. The van der Waals surface area contributed by atoms with E-state index >= 15 is 0 Å². The number of hydrogen-bond acceptors (Lipinski definition) is 6. The fourth-order valence-corrected chi connectivity index (χ4v) is 4.10. The number of imidazole rings is 1. The topological polar surface area (TPSA) is 99.4 Å². The number of hydrazine groups is 1. The van der Waals surface area contributed by atoms with E-state index in [1.165, 1.54) is 42.8 Å². The van der Waals surface area contributed by atoms with Gasteiger partial charge in [-0.2, -0.15) is 0 Å². The molecule has 7 nitrogen and oxygen atoms in total. The van der Waals surface area contributed by atoms with Gasteiger partial charge < -0.3 is 15.0 Å². The Bertz CT molecular complexity index is 1470. The van der Waals surface area contributed by atoms with Crippen LogP contribution in [0.4, 0.5) is 23.2 Å². The molecule has 0 aliphatic carbocycles. The van der Waals surface area contributed by atoms with Crippen molar-refractivity contribution in [1.82, 2.24) is 9.55 Å². The summed E-state index contributed by atoms with van der Waals surface area (Å²) in [5.41, 5.74) is 9.23. The maximum Gasteiger partial charge on any atom is 0.573 e. The van der Waals surface area contributed by atoms with Crippen molar-refractivity contribution in [3.8, 4) is 22.6 Å². The molecule has 0 amide bonds. The molecule has 0 radical (unpaired) electrons. The molecule has 4 aromatic rings. The highest BCUT2D eigenvalue weighted by molar-refractivity contribution is 7.65. The molecule has 1 unspecified atom stereocenters. The van der Waals surface area contributed by atoms with Gasteiger partial charge in [-0.05, 0) is 54.4 Å². The molecule has 0 saturated heterocycles. The zero-order valence-corrected chi connectivity index (χ0v) is 20.7. The molecule has 12 heteroatoms. The number of halogens is 4. The fourth-order valence-electron chi connectivity index (χ4n) is 3.79. The minimum atomic E-state index is -4.83. The van der Waals surface area contributed by atoms with E-state index in [-0.39, 0.29) is 11.4 Å². The first kappa shape index (κ1) is 26.8. The van der Waals surface area contributed by atoms with Crippen LogP contribution in [0.5, 0.6) is 5.75 Å². The Hall–Kier alpha value is -4.29. The lowest BCUT2D eigenvalue weighted by Crippen LogP contribution is -2.30. The molecule has 0 spiro atoms. The Morgan fingerprint density at radius 3 is 2.42 bits per heavy atom. The molecule has 4 N–H and O–H groups in total. The van der Waals surface area contributed by atoms with Crippen LogP contribution in [-0.4, -0.2) is 15.9 Å². The molecule has 0 bridgehead atoms. The van der Waals surface area contributed by atoms with Gasteiger partial charge in [-0.25, -0.2) is 15.2 Å². The highest BCUT2D eigenvalue weighted by Crippen LogP contribution is 2.35. The van der Waals surface area contributed by atoms with E-state index in [0.717, 1.165) is 23.3 Å². The largest absolute Gasteiger partial charge is 0.573 e. The fraction of sp³-hybridized carbons (Fsp3) is 0.115. The number of nitrogens with two attached hydrogens (primary N) is 2. The number of anilines is 1. The summed E-state index contributed by atoms with van der Waals surface area (Å²) in [4.78, 5) is 4.63. The van der Waals surface area contributed by atoms with Gasteiger partial charge in [-0.3, -0.25) is 5.01 Å². The molecule has 0 fully saturated rings. The van der Waals surface area contributed by atoms with E-state index in [1.807, 2.05) is 12.1 Å². The Morgan fingerprint density at radius 2 is 1.82 bits per heavy atom. The highest BCUT2D eigenvalue weighted by atomic mass is 32.1. The van der Waals surface area contributed by atoms with Crippen molar-refractivity contribution in [2.45, 2.75) is 24.4 Å². The zero-order valence-electron chi connectivity index (χ0n) is 19.9. The van der Waals surface area contributed by atoms with E-state index < -0.39 is 18.3 Å². The second-order valence-electron chi connectivity index (χ2n) is 8.13. The average molecular weight is 545 g/mol. The van der Waals surface area contributed by atoms with Gasteiger partial charge in [0.05, 0.1) is 29.1 Å². The van der Waals surface area contributed by atoms with E-state index in [9.17, 15) is 21.8 Å². The summed E-state index contributed by atoms with van der Waals surface area (Å²) >= 11 is 0.365. The number of ether oxygens (including phenoxy) is 1. The highest BCUT2D eigenvalue weighted by Gasteiger charge is 2.31. The summed E-state index contributed by atoms with van der Waals surface area (Å²) in [6.07, 6.45) is -1.93. The molecule has 1 atom stereocenters. The molecule has 38 heavy (non-hydrogen) atoms. The molecule has 3 aromatic carbocycles. The number of nitrogens with zero attached hydrogens (tertiary/aromatic N) is 3. The normalized spacial score (nSPS) is 12.7. The van der Waals surface area contributed by atoms with Gasteiger partial charge in [0.1, 0.15) is 11.9 Å². The number of aromatic nitrogens is 2. The Morgan fingerprint density at radius 1 is 1.11 bits per heavy atom. The molecule has 1 heterocycles. The molecule has 0 aliphatic rings. The predicted molar refractivity (Wildman–Crippen MR) is 137 cm³/mol.